The lowest BCUT2D eigenvalue weighted by atomic mass is 10.1. The number of hydrogen-bond donors (Lipinski definition) is 0. The molecular formula is C19H20ClFN2O4S. The topological polar surface area (TPSA) is 66.9 Å². The number of carbonyl (C=O) groups is 1. The summed E-state index contributed by atoms with van der Waals surface area (Å²) in [4.78, 5) is 19.2. The normalized spacial score (nSPS) is 14.3. The van der Waals surface area contributed by atoms with Crippen LogP contribution in [0.15, 0.2) is 47.4 Å². The Hall–Kier alpha value is -2.00. The molecule has 0 atom stereocenters. The number of amides is 1. The van der Waals surface area contributed by atoms with E-state index in [2.05, 4.69) is 0 Å². The maximum atomic E-state index is 14.0. The Bertz CT molecular complexity index is 995. The van der Waals surface area contributed by atoms with Crippen LogP contribution >= 0.6 is 11.6 Å². The highest BCUT2D eigenvalue weighted by atomic mass is 35.5. The van der Waals surface area contributed by atoms with Crippen LogP contribution in [0, 0.1) is 5.82 Å². The summed E-state index contributed by atoms with van der Waals surface area (Å²) in [5.41, 5.74) is 0.569. The molecule has 1 aliphatic rings. The van der Waals surface area contributed by atoms with Crippen LogP contribution in [0.1, 0.15) is 28.8 Å². The zero-order valence-corrected chi connectivity index (χ0v) is 17.0. The molecule has 1 fully saturated rings. The van der Waals surface area contributed by atoms with Gasteiger partial charge in [-0.1, -0.05) is 34.3 Å². The van der Waals surface area contributed by atoms with Gasteiger partial charge in [0.2, 0.25) is 0 Å². The Morgan fingerprint density at radius 3 is 2.54 bits per heavy atom. The molecule has 0 bridgehead atoms. The lowest BCUT2D eigenvalue weighted by Gasteiger charge is -2.23. The van der Waals surface area contributed by atoms with Gasteiger partial charge in [-0.15, -0.1) is 0 Å². The summed E-state index contributed by atoms with van der Waals surface area (Å²) in [6.07, 6.45) is 1.65. The van der Waals surface area contributed by atoms with Crippen molar-refractivity contribution >= 4 is 27.5 Å². The summed E-state index contributed by atoms with van der Waals surface area (Å²) in [6, 6.07) is 10.3. The van der Waals surface area contributed by atoms with Crippen molar-refractivity contribution in [2.75, 3.05) is 14.2 Å². The van der Waals surface area contributed by atoms with Crippen molar-refractivity contribution in [2.24, 2.45) is 0 Å². The van der Waals surface area contributed by atoms with E-state index in [1.165, 1.54) is 38.4 Å². The average molecular weight is 427 g/mol. The first kappa shape index (κ1) is 20.7. The standard InChI is InChI=1S/C19H20ClFN2O4S/c1-22(27-2)28(25,26)18-11-13(7-10-16(18)20)19(24)23(15-8-9-15)12-14-5-3-4-6-17(14)21/h3-7,10-11,15H,8-9,12H2,1-2H3. The molecule has 0 heterocycles. The van der Waals surface area contributed by atoms with Crippen LogP contribution in [-0.2, 0) is 21.4 Å². The van der Waals surface area contributed by atoms with Crippen molar-refractivity contribution in [3.05, 3.63) is 64.4 Å². The van der Waals surface area contributed by atoms with Gasteiger partial charge in [-0.25, -0.2) is 12.8 Å². The Balaban J connectivity index is 1.94. The minimum atomic E-state index is -4.02. The first-order valence-corrected chi connectivity index (χ1v) is 10.4. The van der Waals surface area contributed by atoms with E-state index in [1.807, 2.05) is 0 Å². The number of rotatable bonds is 7. The zero-order valence-electron chi connectivity index (χ0n) is 15.4. The Labute approximate surface area is 168 Å². The lowest BCUT2D eigenvalue weighted by Crippen LogP contribution is -2.33. The van der Waals surface area contributed by atoms with Gasteiger partial charge < -0.3 is 4.90 Å². The van der Waals surface area contributed by atoms with Gasteiger partial charge in [0.1, 0.15) is 10.7 Å². The minimum absolute atomic E-state index is 0.00416. The second-order valence-corrected chi connectivity index (χ2v) is 8.81. The van der Waals surface area contributed by atoms with Crippen molar-refractivity contribution in [3.8, 4) is 0 Å². The van der Waals surface area contributed by atoms with Gasteiger partial charge in [-0.05, 0) is 37.1 Å². The summed E-state index contributed by atoms with van der Waals surface area (Å²) >= 11 is 6.06. The first-order valence-electron chi connectivity index (χ1n) is 8.62. The molecule has 3 rings (SSSR count). The Kier molecular flexibility index (Phi) is 6.04. The molecule has 1 amide bonds. The van der Waals surface area contributed by atoms with Gasteiger partial charge in [0, 0.05) is 30.8 Å². The molecule has 2 aromatic carbocycles. The minimum Gasteiger partial charge on any atom is -0.331 e. The number of hydrogen-bond acceptors (Lipinski definition) is 4. The Morgan fingerprint density at radius 1 is 1.25 bits per heavy atom. The van der Waals surface area contributed by atoms with Crippen LogP contribution in [0.4, 0.5) is 4.39 Å². The summed E-state index contributed by atoms with van der Waals surface area (Å²) in [6.45, 7) is 0.110. The summed E-state index contributed by atoms with van der Waals surface area (Å²) in [5, 5.41) is -0.0208. The molecule has 9 heteroatoms. The van der Waals surface area contributed by atoms with E-state index in [4.69, 9.17) is 16.4 Å². The number of halogens is 2. The monoisotopic (exact) mass is 426 g/mol. The number of hydroxylamine groups is 1. The predicted octanol–water partition coefficient (Wildman–Crippen LogP) is 3.47. The second kappa shape index (κ2) is 8.16. The number of benzene rings is 2. The molecule has 2 aromatic rings. The van der Waals surface area contributed by atoms with E-state index >= 15 is 0 Å². The summed E-state index contributed by atoms with van der Waals surface area (Å²) < 4.78 is 39.8. The molecule has 28 heavy (non-hydrogen) atoms. The van der Waals surface area contributed by atoms with Gasteiger partial charge in [-0.2, -0.15) is 0 Å². The third-order valence-electron chi connectivity index (χ3n) is 4.60. The molecule has 0 unspecified atom stereocenters. The first-order chi connectivity index (χ1) is 13.3. The molecule has 150 valence electrons. The SMILES string of the molecule is CON(C)S(=O)(=O)c1cc(C(=O)N(Cc2ccccc2F)C2CC2)ccc1Cl. The third kappa shape index (κ3) is 4.20. The highest BCUT2D eigenvalue weighted by molar-refractivity contribution is 7.89. The van der Waals surface area contributed by atoms with Crippen molar-refractivity contribution in [1.29, 1.82) is 0 Å². The van der Waals surface area contributed by atoms with Crippen LogP contribution in [0.3, 0.4) is 0 Å². The van der Waals surface area contributed by atoms with Gasteiger partial charge in [-0.3, -0.25) is 9.63 Å². The highest BCUT2D eigenvalue weighted by Crippen LogP contribution is 2.32. The maximum Gasteiger partial charge on any atom is 0.266 e. The van der Waals surface area contributed by atoms with E-state index in [1.54, 1.807) is 23.1 Å². The van der Waals surface area contributed by atoms with Gasteiger partial charge in [0.15, 0.2) is 0 Å². The molecular weight excluding hydrogens is 407 g/mol. The van der Waals surface area contributed by atoms with E-state index in [-0.39, 0.29) is 39.8 Å². The van der Waals surface area contributed by atoms with Crippen molar-refractivity contribution < 1.29 is 22.4 Å². The quantitative estimate of drug-likeness (QED) is 0.636. The fourth-order valence-electron chi connectivity index (χ4n) is 2.80. The van der Waals surface area contributed by atoms with Crippen molar-refractivity contribution in [3.63, 3.8) is 0 Å². The zero-order chi connectivity index (χ0) is 20.5. The molecule has 0 spiro atoms. The van der Waals surface area contributed by atoms with Crippen molar-refractivity contribution in [1.82, 2.24) is 9.37 Å². The number of sulfonamides is 1. The van der Waals surface area contributed by atoms with Gasteiger partial charge >= 0.3 is 0 Å². The van der Waals surface area contributed by atoms with Crippen LogP contribution in [0.2, 0.25) is 5.02 Å². The van der Waals surface area contributed by atoms with Crippen LogP contribution < -0.4 is 0 Å². The fourth-order valence-corrected chi connectivity index (χ4v) is 4.27. The molecule has 0 saturated heterocycles. The predicted molar refractivity (Wildman–Crippen MR) is 103 cm³/mol. The van der Waals surface area contributed by atoms with E-state index in [0.717, 1.165) is 12.8 Å². The van der Waals surface area contributed by atoms with E-state index in [9.17, 15) is 17.6 Å². The highest BCUT2D eigenvalue weighted by Gasteiger charge is 2.34. The summed E-state index contributed by atoms with van der Waals surface area (Å²) in [7, 11) is -1.58. The van der Waals surface area contributed by atoms with Crippen LogP contribution in [-0.4, -0.2) is 43.9 Å². The van der Waals surface area contributed by atoms with Gasteiger partial charge in [0.25, 0.3) is 15.9 Å². The van der Waals surface area contributed by atoms with E-state index < -0.39 is 10.0 Å². The lowest BCUT2D eigenvalue weighted by molar-refractivity contribution is -0.0258. The van der Waals surface area contributed by atoms with Crippen LogP contribution in [0.5, 0.6) is 0 Å². The molecule has 0 aromatic heterocycles. The molecule has 0 aliphatic heterocycles. The molecule has 1 saturated carbocycles. The molecule has 0 radical (unpaired) electrons. The Morgan fingerprint density at radius 2 is 1.93 bits per heavy atom. The fraction of sp³-hybridized carbons (Fsp3) is 0.316. The molecule has 1 aliphatic carbocycles. The van der Waals surface area contributed by atoms with Gasteiger partial charge in [0.05, 0.1) is 12.1 Å². The molecule has 6 nitrogen and oxygen atoms in total. The smallest absolute Gasteiger partial charge is 0.266 e. The van der Waals surface area contributed by atoms with Crippen LogP contribution in [0.25, 0.3) is 0 Å². The third-order valence-corrected chi connectivity index (χ3v) is 6.76. The second-order valence-electron chi connectivity index (χ2n) is 6.50. The number of nitrogens with zero attached hydrogens (tertiary/aromatic N) is 2. The van der Waals surface area contributed by atoms with Crippen molar-refractivity contribution in [2.45, 2.75) is 30.3 Å². The summed E-state index contributed by atoms with van der Waals surface area (Å²) in [5.74, 6) is -0.763. The average Bonchev–Trinajstić information content (AvgIpc) is 3.51. The number of carbonyl (C=O) groups excluding carboxylic acids is 1. The maximum absolute atomic E-state index is 14.0. The van der Waals surface area contributed by atoms with E-state index in [0.29, 0.717) is 10.0 Å². The largest absolute Gasteiger partial charge is 0.331 e. The molecule has 0 N–H and O–H groups in total.